The number of benzene rings is 1. The lowest BCUT2D eigenvalue weighted by molar-refractivity contribution is 0.406. The Morgan fingerprint density at radius 1 is 1.14 bits per heavy atom. The summed E-state index contributed by atoms with van der Waals surface area (Å²) in [6, 6.07) is 8.35. The molecular formula is C19H30N2. The van der Waals surface area contributed by atoms with Crippen LogP contribution in [0.5, 0.6) is 0 Å². The maximum Gasteiger partial charge on any atom is 0.0372 e. The normalized spacial score (nSPS) is 21.2. The van der Waals surface area contributed by atoms with E-state index < -0.39 is 0 Å². The van der Waals surface area contributed by atoms with Crippen LogP contribution in [0.2, 0.25) is 0 Å². The highest BCUT2D eigenvalue weighted by Gasteiger charge is 2.15. The van der Waals surface area contributed by atoms with Gasteiger partial charge in [0.05, 0.1) is 0 Å². The summed E-state index contributed by atoms with van der Waals surface area (Å²) in [6.45, 7) is 3.48. The Labute approximate surface area is 129 Å². The summed E-state index contributed by atoms with van der Waals surface area (Å²) in [6.07, 6.45) is 12.1. The van der Waals surface area contributed by atoms with Gasteiger partial charge in [0.2, 0.25) is 0 Å². The lowest BCUT2D eigenvalue weighted by Crippen LogP contribution is -2.37. The first-order chi connectivity index (χ1) is 10.3. The van der Waals surface area contributed by atoms with Crippen molar-refractivity contribution >= 4 is 5.69 Å². The van der Waals surface area contributed by atoms with Gasteiger partial charge in [-0.3, -0.25) is 0 Å². The maximum absolute atomic E-state index is 3.87. The fourth-order valence-corrected chi connectivity index (χ4v) is 3.92. The molecule has 2 aliphatic rings. The molecule has 0 saturated heterocycles. The Bertz CT molecular complexity index is 447. The molecular weight excluding hydrogens is 256 g/mol. The third-order valence-corrected chi connectivity index (χ3v) is 5.03. The number of aryl methyl sites for hydroxylation is 1. The second kappa shape index (κ2) is 7.31. The van der Waals surface area contributed by atoms with Crippen molar-refractivity contribution in [2.45, 2.75) is 76.8 Å². The van der Waals surface area contributed by atoms with Gasteiger partial charge in [0.15, 0.2) is 0 Å². The molecule has 2 nitrogen and oxygen atoms in total. The first-order valence-electron chi connectivity index (χ1n) is 8.93. The minimum Gasteiger partial charge on any atom is -0.385 e. The van der Waals surface area contributed by atoms with Crippen LogP contribution in [0.1, 0.15) is 63.0 Å². The highest BCUT2D eigenvalue weighted by Crippen LogP contribution is 2.24. The fraction of sp³-hybridized carbons (Fsp3) is 0.684. The first kappa shape index (κ1) is 14.9. The molecule has 0 radical (unpaired) electrons. The van der Waals surface area contributed by atoms with Crippen molar-refractivity contribution in [2.24, 2.45) is 0 Å². The third kappa shape index (κ3) is 4.23. The molecule has 1 aromatic carbocycles. The van der Waals surface area contributed by atoms with Gasteiger partial charge in [0.25, 0.3) is 0 Å². The van der Waals surface area contributed by atoms with Gasteiger partial charge in [0.1, 0.15) is 0 Å². The Balaban J connectivity index is 1.55. The molecule has 0 amide bonds. The van der Waals surface area contributed by atoms with Crippen LogP contribution in [0.4, 0.5) is 5.69 Å². The van der Waals surface area contributed by atoms with Gasteiger partial charge < -0.3 is 10.6 Å². The van der Waals surface area contributed by atoms with E-state index in [1.807, 2.05) is 0 Å². The number of nitrogens with one attached hydrogen (secondary N) is 2. The molecule has 0 bridgehead atoms. The van der Waals surface area contributed by atoms with E-state index in [1.165, 1.54) is 68.2 Å². The largest absolute Gasteiger partial charge is 0.385 e. The van der Waals surface area contributed by atoms with Crippen LogP contribution < -0.4 is 10.6 Å². The summed E-state index contributed by atoms with van der Waals surface area (Å²) >= 11 is 0. The number of rotatable bonds is 4. The number of fused-ring (bicyclic) bond motifs is 1. The van der Waals surface area contributed by atoms with Crippen molar-refractivity contribution in [1.29, 1.82) is 0 Å². The predicted octanol–water partition coefficient (Wildman–Crippen LogP) is 4.29. The minimum absolute atomic E-state index is 0.586. The monoisotopic (exact) mass is 286 g/mol. The highest BCUT2D eigenvalue weighted by molar-refractivity contribution is 5.54. The molecule has 1 atom stereocenters. The maximum atomic E-state index is 3.87. The lowest BCUT2D eigenvalue weighted by atomic mass is 9.97. The van der Waals surface area contributed by atoms with Crippen molar-refractivity contribution in [3.8, 4) is 0 Å². The van der Waals surface area contributed by atoms with E-state index in [1.54, 1.807) is 0 Å². The van der Waals surface area contributed by atoms with E-state index in [4.69, 9.17) is 0 Å². The average molecular weight is 286 g/mol. The summed E-state index contributed by atoms with van der Waals surface area (Å²) in [5.41, 5.74) is 4.36. The van der Waals surface area contributed by atoms with Crippen LogP contribution in [0.3, 0.4) is 0 Å². The van der Waals surface area contributed by atoms with Crippen LogP contribution >= 0.6 is 0 Å². The van der Waals surface area contributed by atoms with Crippen LogP contribution in [-0.2, 0) is 12.8 Å². The summed E-state index contributed by atoms with van der Waals surface area (Å²) in [5.74, 6) is 0. The van der Waals surface area contributed by atoms with Crippen molar-refractivity contribution in [3.05, 3.63) is 29.3 Å². The van der Waals surface area contributed by atoms with Gasteiger partial charge in [0, 0.05) is 24.3 Å². The molecule has 2 N–H and O–H groups in total. The van der Waals surface area contributed by atoms with Gasteiger partial charge in [-0.2, -0.15) is 0 Å². The zero-order valence-electron chi connectivity index (χ0n) is 13.5. The second-order valence-corrected chi connectivity index (χ2v) is 6.98. The topological polar surface area (TPSA) is 24.1 Å². The smallest absolute Gasteiger partial charge is 0.0372 e. The van der Waals surface area contributed by atoms with Gasteiger partial charge in [-0.1, -0.05) is 37.8 Å². The molecule has 3 rings (SSSR count). The Hall–Kier alpha value is -1.02. The third-order valence-electron chi connectivity index (χ3n) is 5.03. The standard InChI is InChI=1S/C19H30N2/c1-15(21-18-8-4-2-3-5-9-18)13-16-10-11-19-17(14-16)7-6-12-20-19/h10-11,14-15,18,20-21H,2-9,12-13H2,1H3. The summed E-state index contributed by atoms with van der Waals surface area (Å²) < 4.78 is 0. The van der Waals surface area contributed by atoms with Crippen molar-refractivity contribution in [1.82, 2.24) is 5.32 Å². The van der Waals surface area contributed by atoms with Crippen molar-refractivity contribution in [2.75, 3.05) is 11.9 Å². The molecule has 2 heteroatoms. The lowest BCUT2D eigenvalue weighted by Gasteiger charge is -2.23. The molecule has 116 valence electrons. The van der Waals surface area contributed by atoms with Crippen LogP contribution in [0.15, 0.2) is 18.2 Å². The molecule has 1 aliphatic heterocycles. The van der Waals surface area contributed by atoms with E-state index in [0.717, 1.165) is 19.0 Å². The second-order valence-electron chi connectivity index (χ2n) is 6.98. The summed E-state index contributed by atoms with van der Waals surface area (Å²) in [4.78, 5) is 0. The quantitative estimate of drug-likeness (QED) is 0.807. The molecule has 1 saturated carbocycles. The molecule has 1 aromatic rings. The number of anilines is 1. The van der Waals surface area contributed by atoms with Crippen LogP contribution in [0, 0.1) is 0 Å². The Morgan fingerprint density at radius 3 is 2.76 bits per heavy atom. The van der Waals surface area contributed by atoms with Gasteiger partial charge in [-0.05, 0) is 56.2 Å². The number of hydrogen-bond acceptors (Lipinski definition) is 2. The molecule has 0 spiro atoms. The van der Waals surface area contributed by atoms with Crippen molar-refractivity contribution in [3.63, 3.8) is 0 Å². The van der Waals surface area contributed by atoms with Crippen LogP contribution in [-0.4, -0.2) is 18.6 Å². The zero-order valence-corrected chi connectivity index (χ0v) is 13.5. The summed E-state index contributed by atoms with van der Waals surface area (Å²) in [5, 5.41) is 7.37. The van der Waals surface area contributed by atoms with E-state index in [-0.39, 0.29) is 0 Å². The molecule has 1 heterocycles. The average Bonchev–Trinajstić information content (AvgIpc) is 2.75. The minimum atomic E-state index is 0.586. The van der Waals surface area contributed by atoms with E-state index in [0.29, 0.717) is 6.04 Å². The fourth-order valence-electron chi connectivity index (χ4n) is 3.92. The van der Waals surface area contributed by atoms with Gasteiger partial charge in [-0.25, -0.2) is 0 Å². The van der Waals surface area contributed by atoms with Gasteiger partial charge in [-0.15, -0.1) is 0 Å². The van der Waals surface area contributed by atoms with E-state index in [9.17, 15) is 0 Å². The predicted molar refractivity (Wildman–Crippen MR) is 91.0 cm³/mol. The molecule has 1 aliphatic carbocycles. The Morgan fingerprint density at radius 2 is 1.95 bits per heavy atom. The summed E-state index contributed by atoms with van der Waals surface area (Å²) in [7, 11) is 0. The van der Waals surface area contributed by atoms with Crippen molar-refractivity contribution < 1.29 is 0 Å². The molecule has 21 heavy (non-hydrogen) atoms. The Kier molecular flexibility index (Phi) is 5.18. The highest BCUT2D eigenvalue weighted by atomic mass is 14.9. The zero-order chi connectivity index (χ0) is 14.5. The van der Waals surface area contributed by atoms with Crippen LogP contribution in [0.25, 0.3) is 0 Å². The SMILES string of the molecule is CC(Cc1ccc2c(c1)CCCN2)NC1CCCCCC1. The first-order valence-corrected chi connectivity index (χ1v) is 8.93. The number of hydrogen-bond donors (Lipinski definition) is 2. The van der Waals surface area contributed by atoms with E-state index in [2.05, 4.69) is 35.8 Å². The molecule has 1 unspecified atom stereocenters. The molecule has 0 aromatic heterocycles. The van der Waals surface area contributed by atoms with Gasteiger partial charge >= 0.3 is 0 Å². The van der Waals surface area contributed by atoms with E-state index >= 15 is 0 Å². The molecule has 1 fully saturated rings.